The van der Waals surface area contributed by atoms with E-state index in [1.807, 2.05) is 37.3 Å². The van der Waals surface area contributed by atoms with Crippen LogP contribution in [0.3, 0.4) is 0 Å². The maximum Gasteiger partial charge on any atom is 0.234 e. The van der Waals surface area contributed by atoms with Crippen LogP contribution in [0, 0.1) is 0 Å². The average Bonchev–Trinajstić information content (AvgIpc) is 3.01. The second-order valence-corrected chi connectivity index (χ2v) is 8.06. The highest BCUT2D eigenvalue weighted by molar-refractivity contribution is 8.16. The number of nitrogens with zero attached hydrogens (tertiary/aromatic N) is 2. The Morgan fingerprint density at radius 1 is 1.11 bits per heavy atom. The van der Waals surface area contributed by atoms with Gasteiger partial charge in [-0.3, -0.25) is 9.79 Å². The number of nitrogens with one attached hydrogen (secondary N) is 1. The quantitative estimate of drug-likeness (QED) is 0.675. The first kappa shape index (κ1) is 19.9. The molecule has 0 spiro atoms. The number of hydrogen-bond donors (Lipinski definition) is 1. The number of carbonyl (C=O) groups excluding carboxylic acids is 1. The predicted octanol–water partition coefficient (Wildman–Crippen LogP) is 5.69. The lowest BCUT2D eigenvalue weighted by molar-refractivity contribution is -0.113. The Labute approximate surface area is 173 Å². The standard InChI is InChI=1S/C20H19Cl2N3OS/c1-3-20(2)24-18(13-7-5-4-6-8-13)19(25-20)27-12-17(26)23-14-9-10-15(21)16(22)11-14/h4-11H,3,12H2,1-2H3,(H,23,26)/t20-/m1/s1. The molecule has 2 aromatic carbocycles. The first-order valence-electron chi connectivity index (χ1n) is 8.53. The highest BCUT2D eigenvalue weighted by Gasteiger charge is 2.31. The van der Waals surface area contributed by atoms with Crippen LogP contribution >= 0.6 is 35.0 Å². The highest BCUT2D eigenvalue weighted by Crippen LogP contribution is 2.30. The number of carbonyl (C=O) groups is 1. The molecule has 0 fully saturated rings. The normalized spacial score (nSPS) is 18.8. The largest absolute Gasteiger partial charge is 0.325 e. The van der Waals surface area contributed by atoms with E-state index in [1.54, 1.807) is 18.2 Å². The Balaban J connectivity index is 1.70. The summed E-state index contributed by atoms with van der Waals surface area (Å²) in [6.45, 7) is 4.06. The number of thioether (sulfide) groups is 1. The van der Waals surface area contributed by atoms with Crippen molar-refractivity contribution in [2.24, 2.45) is 9.98 Å². The van der Waals surface area contributed by atoms with E-state index in [0.29, 0.717) is 15.7 Å². The number of halogens is 2. The number of anilines is 1. The van der Waals surface area contributed by atoms with Crippen molar-refractivity contribution in [3.05, 3.63) is 64.1 Å². The number of hydrogen-bond acceptors (Lipinski definition) is 4. The van der Waals surface area contributed by atoms with E-state index in [4.69, 9.17) is 33.2 Å². The Morgan fingerprint density at radius 3 is 2.52 bits per heavy atom. The van der Waals surface area contributed by atoms with Crippen LogP contribution in [-0.4, -0.2) is 28.1 Å². The van der Waals surface area contributed by atoms with Gasteiger partial charge in [0.2, 0.25) is 5.91 Å². The Kier molecular flexibility index (Phi) is 6.25. The van der Waals surface area contributed by atoms with Crippen molar-refractivity contribution >= 4 is 57.3 Å². The molecule has 7 heteroatoms. The maximum absolute atomic E-state index is 12.3. The topological polar surface area (TPSA) is 53.8 Å². The summed E-state index contributed by atoms with van der Waals surface area (Å²) in [6, 6.07) is 14.9. The number of amides is 1. The molecule has 140 valence electrons. The minimum absolute atomic E-state index is 0.140. The average molecular weight is 420 g/mol. The summed E-state index contributed by atoms with van der Waals surface area (Å²) in [4.78, 5) is 21.9. The Bertz CT molecular complexity index is 915. The second-order valence-electron chi connectivity index (χ2n) is 6.28. The summed E-state index contributed by atoms with van der Waals surface area (Å²) in [7, 11) is 0. The van der Waals surface area contributed by atoms with Crippen molar-refractivity contribution in [1.29, 1.82) is 0 Å². The molecule has 0 aliphatic carbocycles. The summed E-state index contributed by atoms with van der Waals surface area (Å²) in [5.41, 5.74) is 1.98. The third kappa shape index (κ3) is 4.92. The molecule has 0 radical (unpaired) electrons. The minimum Gasteiger partial charge on any atom is -0.325 e. The molecule has 0 saturated heterocycles. The SMILES string of the molecule is CC[C@@]1(C)N=C(SCC(=O)Nc2ccc(Cl)c(Cl)c2)C(c2ccccc2)=N1. The zero-order chi connectivity index (χ0) is 19.4. The molecule has 1 heterocycles. The van der Waals surface area contributed by atoms with Crippen molar-refractivity contribution in [3.63, 3.8) is 0 Å². The van der Waals surface area contributed by atoms with Gasteiger partial charge >= 0.3 is 0 Å². The van der Waals surface area contributed by atoms with Crippen molar-refractivity contribution in [2.45, 2.75) is 25.9 Å². The monoisotopic (exact) mass is 419 g/mol. The van der Waals surface area contributed by atoms with Gasteiger partial charge in [-0.05, 0) is 31.5 Å². The first-order chi connectivity index (χ1) is 12.9. The van der Waals surface area contributed by atoms with Crippen LogP contribution in [0.4, 0.5) is 5.69 Å². The molecule has 3 rings (SSSR count). The van der Waals surface area contributed by atoms with Gasteiger partial charge in [0.25, 0.3) is 0 Å². The van der Waals surface area contributed by atoms with Crippen molar-refractivity contribution in [2.75, 3.05) is 11.1 Å². The van der Waals surface area contributed by atoms with Gasteiger partial charge in [0.15, 0.2) is 0 Å². The van der Waals surface area contributed by atoms with Gasteiger partial charge in [-0.25, -0.2) is 4.99 Å². The molecule has 4 nitrogen and oxygen atoms in total. The van der Waals surface area contributed by atoms with Crippen LogP contribution in [0.25, 0.3) is 0 Å². The molecule has 1 N–H and O–H groups in total. The first-order valence-corrected chi connectivity index (χ1v) is 10.3. The van der Waals surface area contributed by atoms with Gasteiger partial charge in [-0.1, -0.05) is 72.2 Å². The van der Waals surface area contributed by atoms with Gasteiger partial charge in [0.05, 0.1) is 21.5 Å². The third-order valence-electron chi connectivity index (χ3n) is 4.16. The Hall–Kier alpha value is -1.82. The summed E-state index contributed by atoms with van der Waals surface area (Å²) in [5.74, 6) is 0.0867. The second kappa shape index (κ2) is 8.46. The summed E-state index contributed by atoms with van der Waals surface area (Å²) < 4.78 is 0. The molecule has 0 aromatic heterocycles. The molecule has 0 saturated carbocycles. The van der Waals surface area contributed by atoms with Crippen molar-refractivity contribution in [3.8, 4) is 0 Å². The molecular weight excluding hydrogens is 401 g/mol. The highest BCUT2D eigenvalue weighted by atomic mass is 35.5. The van der Waals surface area contributed by atoms with E-state index in [2.05, 4.69) is 12.2 Å². The van der Waals surface area contributed by atoms with Crippen LogP contribution in [0.2, 0.25) is 10.0 Å². The van der Waals surface area contributed by atoms with Gasteiger partial charge in [0, 0.05) is 11.3 Å². The van der Waals surface area contributed by atoms with E-state index in [-0.39, 0.29) is 11.7 Å². The van der Waals surface area contributed by atoms with Gasteiger partial charge in [0.1, 0.15) is 10.7 Å². The molecule has 27 heavy (non-hydrogen) atoms. The number of aliphatic imine (C=N–C) groups is 2. The van der Waals surface area contributed by atoms with Crippen molar-refractivity contribution < 1.29 is 4.79 Å². The fourth-order valence-electron chi connectivity index (χ4n) is 2.53. The van der Waals surface area contributed by atoms with Crippen LogP contribution < -0.4 is 5.32 Å². The maximum atomic E-state index is 12.3. The number of rotatable bonds is 5. The van der Waals surface area contributed by atoms with Crippen LogP contribution in [0.5, 0.6) is 0 Å². The van der Waals surface area contributed by atoms with E-state index in [1.165, 1.54) is 11.8 Å². The van der Waals surface area contributed by atoms with Gasteiger partial charge in [-0.15, -0.1) is 0 Å². The fraction of sp³-hybridized carbons (Fsp3) is 0.250. The predicted molar refractivity (Wildman–Crippen MR) is 117 cm³/mol. The fourth-order valence-corrected chi connectivity index (χ4v) is 3.73. The molecule has 0 unspecified atom stereocenters. The lowest BCUT2D eigenvalue weighted by Gasteiger charge is -2.13. The number of benzene rings is 2. The lowest BCUT2D eigenvalue weighted by Crippen LogP contribution is -2.17. The van der Waals surface area contributed by atoms with Gasteiger partial charge in [-0.2, -0.15) is 0 Å². The van der Waals surface area contributed by atoms with Crippen LogP contribution in [-0.2, 0) is 4.79 Å². The summed E-state index contributed by atoms with van der Waals surface area (Å²) in [5, 5.41) is 4.47. The molecule has 2 aromatic rings. The van der Waals surface area contributed by atoms with Gasteiger partial charge < -0.3 is 5.32 Å². The molecular formula is C20H19Cl2N3OS. The molecule has 1 aliphatic rings. The van der Waals surface area contributed by atoms with E-state index in [0.717, 1.165) is 22.7 Å². The van der Waals surface area contributed by atoms with Crippen molar-refractivity contribution in [1.82, 2.24) is 0 Å². The Morgan fingerprint density at radius 2 is 1.85 bits per heavy atom. The zero-order valence-electron chi connectivity index (χ0n) is 15.0. The smallest absolute Gasteiger partial charge is 0.234 e. The molecule has 0 bridgehead atoms. The lowest BCUT2D eigenvalue weighted by atomic mass is 10.1. The van der Waals surface area contributed by atoms with E-state index < -0.39 is 5.66 Å². The van der Waals surface area contributed by atoms with Crippen LogP contribution in [0.1, 0.15) is 25.8 Å². The third-order valence-corrected chi connectivity index (χ3v) is 5.86. The summed E-state index contributed by atoms with van der Waals surface area (Å²) >= 11 is 13.3. The zero-order valence-corrected chi connectivity index (χ0v) is 17.3. The molecule has 1 aliphatic heterocycles. The van der Waals surface area contributed by atoms with E-state index in [9.17, 15) is 4.79 Å². The van der Waals surface area contributed by atoms with E-state index >= 15 is 0 Å². The van der Waals surface area contributed by atoms with Crippen LogP contribution in [0.15, 0.2) is 58.5 Å². The molecule has 1 amide bonds. The summed E-state index contributed by atoms with van der Waals surface area (Å²) in [6.07, 6.45) is 0.795. The minimum atomic E-state index is -0.478. The molecule has 1 atom stereocenters.